The fraction of sp³-hybridized carbons (Fsp3) is 0. The second-order valence-corrected chi connectivity index (χ2v) is 13.6. The lowest BCUT2D eigenvalue weighted by molar-refractivity contribution is 0.669. The molecule has 10 aromatic rings. The van der Waals surface area contributed by atoms with E-state index < -0.39 is 0 Å². The van der Waals surface area contributed by atoms with Gasteiger partial charge in [0.1, 0.15) is 11.2 Å². The van der Waals surface area contributed by atoms with E-state index in [2.05, 4.69) is 169 Å². The molecule has 0 aliphatic heterocycles. The molecule has 0 spiro atoms. The fourth-order valence-corrected chi connectivity index (χ4v) is 8.60. The molecule has 8 aromatic carbocycles. The van der Waals surface area contributed by atoms with Crippen molar-refractivity contribution >= 4 is 81.3 Å². The van der Waals surface area contributed by atoms with Crippen molar-refractivity contribution in [3.8, 4) is 22.3 Å². The van der Waals surface area contributed by atoms with Gasteiger partial charge in [-0.15, -0.1) is 11.3 Å². The minimum Gasteiger partial charge on any atom is -0.456 e. The maximum atomic E-state index is 6.37. The molecule has 0 saturated carbocycles. The summed E-state index contributed by atoms with van der Waals surface area (Å²) in [4.78, 5) is 2.35. The number of fused-ring (bicyclic) bond motifs is 8. The Morgan fingerprint density at radius 2 is 0.980 bits per heavy atom. The van der Waals surface area contributed by atoms with Crippen LogP contribution in [0.2, 0.25) is 0 Å². The smallest absolute Gasteiger partial charge is 0.137 e. The van der Waals surface area contributed by atoms with E-state index in [-0.39, 0.29) is 0 Å². The molecule has 0 aliphatic rings. The average Bonchev–Trinajstić information content (AvgIpc) is 3.73. The van der Waals surface area contributed by atoms with E-state index in [1.165, 1.54) is 53.2 Å². The van der Waals surface area contributed by atoms with E-state index in [1.54, 1.807) is 0 Å². The standard InChI is InChI=1S/C46H29NOS/c1-2-10-30(11-3-1)36-13-6-7-14-37(36)32-18-21-33(22-19-32)47(34-23-26-40-39-16-8-9-17-43(39)48-44(40)28-34)35-24-27-41-42-25-20-31-12-4-5-15-38(31)46(42)49-45(41)29-35/h1-29H. The average molecular weight is 644 g/mol. The van der Waals surface area contributed by atoms with Crippen LogP contribution < -0.4 is 4.90 Å². The van der Waals surface area contributed by atoms with Gasteiger partial charge in [-0.2, -0.15) is 0 Å². The highest BCUT2D eigenvalue weighted by molar-refractivity contribution is 7.26. The zero-order valence-corrected chi connectivity index (χ0v) is 27.3. The van der Waals surface area contributed by atoms with Crippen LogP contribution in [0.1, 0.15) is 0 Å². The van der Waals surface area contributed by atoms with Crippen molar-refractivity contribution in [2.24, 2.45) is 0 Å². The Labute approximate surface area is 287 Å². The highest BCUT2D eigenvalue weighted by Crippen LogP contribution is 2.44. The van der Waals surface area contributed by atoms with Crippen molar-refractivity contribution in [2.75, 3.05) is 4.90 Å². The fourth-order valence-electron chi connectivity index (χ4n) is 7.33. The van der Waals surface area contributed by atoms with E-state index in [0.717, 1.165) is 39.0 Å². The number of nitrogens with zero attached hydrogens (tertiary/aromatic N) is 1. The van der Waals surface area contributed by atoms with E-state index in [9.17, 15) is 0 Å². The Morgan fingerprint density at radius 1 is 0.388 bits per heavy atom. The van der Waals surface area contributed by atoms with Gasteiger partial charge in [-0.1, -0.05) is 127 Å². The highest BCUT2D eigenvalue weighted by Gasteiger charge is 2.18. The van der Waals surface area contributed by atoms with E-state index in [0.29, 0.717) is 0 Å². The SMILES string of the molecule is c1ccc(-c2ccccc2-c2ccc(N(c3ccc4c(c3)oc3ccccc34)c3ccc4c(c3)sc3c5ccccc5ccc43)cc2)cc1. The molecule has 230 valence electrons. The van der Waals surface area contributed by atoms with Crippen molar-refractivity contribution in [3.63, 3.8) is 0 Å². The lowest BCUT2D eigenvalue weighted by Crippen LogP contribution is -2.09. The first kappa shape index (κ1) is 27.9. The van der Waals surface area contributed by atoms with Gasteiger partial charge in [-0.25, -0.2) is 0 Å². The van der Waals surface area contributed by atoms with Crippen LogP contribution in [0.3, 0.4) is 0 Å². The summed E-state index contributed by atoms with van der Waals surface area (Å²) >= 11 is 1.87. The molecule has 2 heterocycles. The summed E-state index contributed by atoms with van der Waals surface area (Å²) in [6.45, 7) is 0. The third kappa shape index (κ3) is 4.62. The maximum Gasteiger partial charge on any atom is 0.137 e. The van der Waals surface area contributed by atoms with Crippen molar-refractivity contribution in [1.29, 1.82) is 0 Å². The van der Waals surface area contributed by atoms with Crippen LogP contribution in [-0.2, 0) is 0 Å². The highest BCUT2D eigenvalue weighted by atomic mass is 32.1. The number of furan rings is 1. The number of benzene rings is 8. The monoisotopic (exact) mass is 643 g/mol. The number of rotatable bonds is 5. The van der Waals surface area contributed by atoms with Gasteiger partial charge in [-0.3, -0.25) is 0 Å². The normalized spacial score (nSPS) is 11.7. The third-order valence-corrected chi connectivity index (χ3v) is 10.9. The number of anilines is 3. The summed E-state index contributed by atoms with van der Waals surface area (Å²) < 4.78 is 8.98. The van der Waals surface area contributed by atoms with Crippen molar-refractivity contribution in [1.82, 2.24) is 0 Å². The quantitative estimate of drug-likeness (QED) is 0.186. The molecular weight excluding hydrogens is 615 g/mol. The molecule has 0 amide bonds. The molecule has 0 fully saturated rings. The largest absolute Gasteiger partial charge is 0.456 e. The summed E-state index contributed by atoms with van der Waals surface area (Å²) in [6.07, 6.45) is 0. The summed E-state index contributed by atoms with van der Waals surface area (Å²) in [5.41, 5.74) is 9.87. The number of hydrogen-bond donors (Lipinski definition) is 0. The lowest BCUT2D eigenvalue weighted by atomic mass is 9.94. The van der Waals surface area contributed by atoms with E-state index in [1.807, 2.05) is 23.5 Å². The van der Waals surface area contributed by atoms with Gasteiger partial charge in [0, 0.05) is 54.1 Å². The minimum absolute atomic E-state index is 0.881. The summed E-state index contributed by atoms with van der Waals surface area (Å²) in [6, 6.07) is 63.2. The van der Waals surface area contributed by atoms with Crippen molar-refractivity contribution in [3.05, 3.63) is 176 Å². The molecule has 10 rings (SSSR count). The summed E-state index contributed by atoms with van der Waals surface area (Å²) in [7, 11) is 0. The van der Waals surface area contributed by atoms with E-state index in [4.69, 9.17) is 4.42 Å². The zero-order chi connectivity index (χ0) is 32.3. The molecule has 0 atom stereocenters. The molecule has 0 saturated heterocycles. The molecule has 2 nitrogen and oxygen atoms in total. The molecule has 3 heteroatoms. The molecule has 2 aromatic heterocycles. The van der Waals surface area contributed by atoms with Crippen LogP contribution in [0.15, 0.2) is 180 Å². The first-order chi connectivity index (χ1) is 24.3. The first-order valence-electron chi connectivity index (χ1n) is 16.6. The lowest BCUT2D eigenvalue weighted by Gasteiger charge is -2.26. The van der Waals surface area contributed by atoms with Crippen LogP contribution in [0.5, 0.6) is 0 Å². The van der Waals surface area contributed by atoms with Crippen LogP contribution >= 0.6 is 11.3 Å². The Bertz CT molecular complexity index is 2830. The molecular formula is C46H29NOS. The van der Waals surface area contributed by atoms with Crippen molar-refractivity contribution in [2.45, 2.75) is 0 Å². The van der Waals surface area contributed by atoms with Gasteiger partial charge in [0.2, 0.25) is 0 Å². The Morgan fingerprint density at radius 3 is 1.80 bits per heavy atom. The van der Waals surface area contributed by atoms with Gasteiger partial charge >= 0.3 is 0 Å². The second kappa shape index (κ2) is 11.2. The van der Waals surface area contributed by atoms with Gasteiger partial charge in [-0.05, 0) is 75.5 Å². The van der Waals surface area contributed by atoms with E-state index >= 15 is 0 Å². The van der Waals surface area contributed by atoms with Gasteiger partial charge in [0.15, 0.2) is 0 Å². The van der Waals surface area contributed by atoms with Gasteiger partial charge in [0.05, 0.1) is 0 Å². The number of hydrogen-bond acceptors (Lipinski definition) is 3. The first-order valence-corrected chi connectivity index (χ1v) is 17.4. The predicted octanol–water partition coefficient (Wildman–Crippen LogP) is 13.9. The van der Waals surface area contributed by atoms with Gasteiger partial charge < -0.3 is 9.32 Å². The summed E-state index contributed by atoms with van der Waals surface area (Å²) in [5.74, 6) is 0. The Kier molecular flexibility index (Phi) is 6.39. The molecule has 49 heavy (non-hydrogen) atoms. The van der Waals surface area contributed by atoms with Crippen molar-refractivity contribution < 1.29 is 4.42 Å². The van der Waals surface area contributed by atoms with Gasteiger partial charge in [0.25, 0.3) is 0 Å². The molecule has 0 bridgehead atoms. The van der Waals surface area contributed by atoms with Crippen LogP contribution in [0.4, 0.5) is 17.1 Å². The number of para-hydroxylation sites is 1. The maximum absolute atomic E-state index is 6.37. The summed E-state index contributed by atoms with van der Waals surface area (Å²) in [5, 5.41) is 7.43. The minimum atomic E-state index is 0.881. The van der Waals surface area contributed by atoms with Crippen LogP contribution in [0.25, 0.3) is 75.1 Å². The Hall–Kier alpha value is -6.16. The Balaban J connectivity index is 1.14. The predicted molar refractivity (Wildman–Crippen MR) is 210 cm³/mol. The van der Waals surface area contributed by atoms with Crippen LogP contribution in [-0.4, -0.2) is 0 Å². The zero-order valence-electron chi connectivity index (χ0n) is 26.5. The molecule has 0 aliphatic carbocycles. The molecule has 0 radical (unpaired) electrons. The topological polar surface area (TPSA) is 16.4 Å². The second-order valence-electron chi connectivity index (χ2n) is 12.5. The number of thiophene rings is 1. The van der Waals surface area contributed by atoms with Crippen LogP contribution in [0, 0.1) is 0 Å². The third-order valence-electron chi connectivity index (χ3n) is 9.67. The molecule has 0 N–H and O–H groups in total. The molecule has 0 unspecified atom stereocenters.